The molecule has 4 heterocycles. The number of fused-ring (bicyclic) bond motifs is 14. The van der Waals surface area contributed by atoms with Crippen molar-refractivity contribution in [3.63, 3.8) is 0 Å². The second-order valence-electron chi connectivity index (χ2n) is 17.8. The monoisotopic (exact) mass is 902 g/mol. The maximum atomic E-state index is 6.54. The quantitative estimate of drug-likeness (QED) is 0.166. The average molecular weight is 903 g/mol. The number of allylic oxidation sites excluding steroid dienone is 2. The van der Waals surface area contributed by atoms with Crippen LogP contribution in [-0.4, -0.2) is 19.5 Å². The first kappa shape index (κ1) is 41.3. The third-order valence-electron chi connectivity index (χ3n) is 14.0. The number of benzene rings is 9. The molecule has 1 aliphatic carbocycles. The molecular formula is C64H46N4O2. The molecule has 0 bridgehead atoms. The predicted molar refractivity (Wildman–Crippen MR) is 294 cm³/mol. The summed E-state index contributed by atoms with van der Waals surface area (Å²) in [7, 11) is 0. The molecule has 1 aliphatic rings. The Bertz CT molecular complexity index is 4370. The molecule has 0 saturated carbocycles. The van der Waals surface area contributed by atoms with Crippen LogP contribution in [0.25, 0.3) is 145 Å². The van der Waals surface area contributed by atoms with Crippen molar-refractivity contribution < 1.29 is 8.83 Å². The smallest absolute Gasteiger partial charge is 0.238 e. The molecule has 70 heavy (non-hydrogen) atoms. The van der Waals surface area contributed by atoms with Crippen LogP contribution in [0.15, 0.2) is 185 Å². The SMILES string of the molecule is C=Cc1c(/C=C\C)c2ccccc2c2c1c1cccc(-c3ccc4oc5ccc6c(c5c4c3)C=CCC6)c1n2-c1nc(-c2ccc3ccccc3c2)nc(-c2ccc3c(c2)oc2ccccc23)n1.CC. The Labute approximate surface area is 404 Å². The van der Waals surface area contributed by atoms with Crippen molar-refractivity contribution in [1.29, 1.82) is 0 Å². The molecule has 334 valence electrons. The zero-order chi connectivity index (χ0) is 47.0. The van der Waals surface area contributed by atoms with Gasteiger partial charge in [-0.05, 0) is 106 Å². The first-order valence-corrected chi connectivity index (χ1v) is 24.2. The molecule has 0 fully saturated rings. The van der Waals surface area contributed by atoms with Crippen molar-refractivity contribution in [2.75, 3.05) is 0 Å². The molecule has 0 N–H and O–H groups in total. The third-order valence-corrected chi connectivity index (χ3v) is 14.0. The summed E-state index contributed by atoms with van der Waals surface area (Å²) in [5.41, 5.74) is 13.9. The van der Waals surface area contributed by atoms with Crippen LogP contribution < -0.4 is 0 Å². The van der Waals surface area contributed by atoms with Gasteiger partial charge in [0.2, 0.25) is 5.95 Å². The largest absolute Gasteiger partial charge is 0.456 e. The minimum atomic E-state index is 0.503. The van der Waals surface area contributed by atoms with Crippen LogP contribution in [0.2, 0.25) is 0 Å². The first-order chi connectivity index (χ1) is 34.6. The molecule has 0 unspecified atom stereocenters. The van der Waals surface area contributed by atoms with E-state index in [1.807, 2.05) is 38.1 Å². The van der Waals surface area contributed by atoms with Gasteiger partial charge in [0.25, 0.3) is 0 Å². The van der Waals surface area contributed by atoms with E-state index in [1.165, 1.54) is 11.1 Å². The zero-order valence-corrected chi connectivity index (χ0v) is 39.1. The van der Waals surface area contributed by atoms with Crippen molar-refractivity contribution in [2.45, 2.75) is 33.6 Å². The number of furan rings is 2. The Kier molecular flexibility index (Phi) is 9.70. The molecular weight excluding hydrogens is 857 g/mol. The topological polar surface area (TPSA) is 69.9 Å². The second kappa shape index (κ2) is 16.4. The van der Waals surface area contributed by atoms with Crippen molar-refractivity contribution in [3.05, 3.63) is 199 Å². The minimum absolute atomic E-state index is 0.503. The van der Waals surface area contributed by atoms with E-state index >= 15 is 0 Å². The van der Waals surface area contributed by atoms with Gasteiger partial charge >= 0.3 is 0 Å². The highest BCUT2D eigenvalue weighted by atomic mass is 16.3. The Morgan fingerprint density at radius 3 is 2.06 bits per heavy atom. The normalized spacial score (nSPS) is 12.6. The van der Waals surface area contributed by atoms with Crippen molar-refractivity contribution in [1.82, 2.24) is 19.5 Å². The highest BCUT2D eigenvalue weighted by Crippen LogP contribution is 2.46. The molecule has 0 radical (unpaired) electrons. The number of rotatable bonds is 6. The van der Waals surface area contributed by atoms with E-state index in [1.54, 1.807) is 0 Å². The molecule has 6 heteroatoms. The van der Waals surface area contributed by atoms with E-state index in [0.29, 0.717) is 17.6 Å². The molecule has 0 amide bonds. The lowest BCUT2D eigenvalue weighted by molar-refractivity contribution is 0.668. The summed E-state index contributed by atoms with van der Waals surface area (Å²) in [5.74, 6) is 1.61. The average Bonchev–Trinajstić information content (AvgIpc) is 4.11. The Hall–Kier alpha value is -8.87. The molecule has 6 nitrogen and oxygen atoms in total. The summed E-state index contributed by atoms with van der Waals surface area (Å²) in [4.78, 5) is 16.3. The van der Waals surface area contributed by atoms with Gasteiger partial charge in [-0.2, -0.15) is 9.97 Å². The third kappa shape index (κ3) is 6.30. The lowest BCUT2D eigenvalue weighted by Gasteiger charge is -2.15. The van der Waals surface area contributed by atoms with E-state index in [-0.39, 0.29) is 0 Å². The standard InChI is InChI=1S/C62H40N4O2.C2H6/c1-3-14-45-42(4-2)57-50-23-13-22-44(39-29-31-53-51(34-39)56-43-18-8-7-16-37(43)28-32-54(56)67-53)58(50)66(59(57)49-21-10-9-19-46(45)49)62-64-60(40-26-25-36-15-5-6-17-38(36)33-40)63-61(65-62)41-27-30-48-47-20-11-12-24-52(47)68-55(48)35-41;1-2/h3-6,8-15,17-35H,2,7,16H2,1H3;1-2H3/b14-3-;. The van der Waals surface area contributed by atoms with Crippen LogP contribution in [0.1, 0.15) is 49.4 Å². The maximum absolute atomic E-state index is 6.54. The molecule has 0 saturated heterocycles. The number of nitrogens with zero attached hydrogens (tertiary/aromatic N) is 4. The molecule has 0 aliphatic heterocycles. The fraction of sp³-hybridized carbons (Fsp3) is 0.0781. The van der Waals surface area contributed by atoms with Crippen LogP contribution in [0.3, 0.4) is 0 Å². The number of aryl methyl sites for hydroxylation is 1. The Balaban J connectivity index is 0.00000237. The van der Waals surface area contributed by atoms with Gasteiger partial charge in [-0.25, -0.2) is 4.98 Å². The minimum Gasteiger partial charge on any atom is -0.456 e. The summed E-state index contributed by atoms with van der Waals surface area (Å²) in [6.07, 6.45) is 12.9. The van der Waals surface area contributed by atoms with Gasteiger partial charge in [0.15, 0.2) is 11.6 Å². The Morgan fingerprint density at radius 1 is 0.529 bits per heavy atom. The number of aromatic nitrogens is 4. The molecule has 9 aromatic carbocycles. The molecule has 14 rings (SSSR count). The number of hydrogen-bond acceptors (Lipinski definition) is 5. The zero-order valence-electron chi connectivity index (χ0n) is 39.1. The van der Waals surface area contributed by atoms with Crippen LogP contribution >= 0.6 is 0 Å². The van der Waals surface area contributed by atoms with E-state index in [2.05, 4.69) is 182 Å². The molecule has 0 spiro atoms. The first-order valence-electron chi connectivity index (χ1n) is 24.2. The van der Waals surface area contributed by atoms with Crippen LogP contribution in [-0.2, 0) is 6.42 Å². The number of hydrogen-bond donors (Lipinski definition) is 0. The fourth-order valence-electron chi connectivity index (χ4n) is 10.9. The van der Waals surface area contributed by atoms with Gasteiger partial charge in [-0.15, -0.1) is 0 Å². The summed E-state index contributed by atoms with van der Waals surface area (Å²) in [5, 5.41) is 11.0. The molecule has 13 aromatic rings. The van der Waals surface area contributed by atoms with Gasteiger partial charge in [0.05, 0.1) is 11.0 Å². The lowest BCUT2D eigenvalue weighted by Crippen LogP contribution is -2.07. The predicted octanol–water partition coefficient (Wildman–Crippen LogP) is 17.7. The maximum Gasteiger partial charge on any atom is 0.238 e. The van der Waals surface area contributed by atoms with Crippen molar-refractivity contribution in [3.8, 4) is 39.9 Å². The summed E-state index contributed by atoms with van der Waals surface area (Å²) >= 11 is 0. The van der Waals surface area contributed by atoms with Crippen LogP contribution in [0.5, 0.6) is 0 Å². The van der Waals surface area contributed by atoms with Crippen LogP contribution in [0, 0.1) is 0 Å². The van der Waals surface area contributed by atoms with Crippen molar-refractivity contribution >= 4 is 105 Å². The number of para-hydroxylation sites is 2. The van der Waals surface area contributed by atoms with Gasteiger partial charge in [-0.3, -0.25) is 4.57 Å². The fourth-order valence-corrected chi connectivity index (χ4v) is 10.9. The highest BCUT2D eigenvalue weighted by molar-refractivity contribution is 6.26. The summed E-state index contributed by atoms with van der Waals surface area (Å²) in [6.45, 7) is 10.5. The van der Waals surface area contributed by atoms with Gasteiger partial charge < -0.3 is 8.83 Å². The summed E-state index contributed by atoms with van der Waals surface area (Å²) < 4.78 is 15.3. The highest BCUT2D eigenvalue weighted by Gasteiger charge is 2.26. The molecule has 0 atom stereocenters. The van der Waals surface area contributed by atoms with E-state index < -0.39 is 0 Å². The van der Waals surface area contributed by atoms with Gasteiger partial charge in [0.1, 0.15) is 22.3 Å². The van der Waals surface area contributed by atoms with E-state index in [4.69, 9.17) is 23.8 Å². The second-order valence-corrected chi connectivity index (χ2v) is 17.8. The van der Waals surface area contributed by atoms with Gasteiger partial charge in [-0.1, -0.05) is 166 Å². The lowest BCUT2D eigenvalue weighted by atomic mass is 9.92. The van der Waals surface area contributed by atoms with E-state index in [0.717, 1.165) is 133 Å². The van der Waals surface area contributed by atoms with Crippen molar-refractivity contribution in [2.24, 2.45) is 0 Å². The molecule has 4 aromatic heterocycles. The van der Waals surface area contributed by atoms with Gasteiger partial charge in [0, 0.05) is 54.4 Å². The Morgan fingerprint density at radius 2 is 1.21 bits per heavy atom. The van der Waals surface area contributed by atoms with Crippen LogP contribution in [0.4, 0.5) is 0 Å². The summed E-state index contributed by atoms with van der Waals surface area (Å²) in [6, 6.07) is 55.5. The van der Waals surface area contributed by atoms with E-state index in [9.17, 15) is 0 Å².